The Kier molecular flexibility index (Phi) is 2.27. The number of benzene rings is 1. The van der Waals surface area contributed by atoms with E-state index in [4.69, 9.17) is 9.84 Å². The van der Waals surface area contributed by atoms with Gasteiger partial charge < -0.3 is 9.84 Å². The Morgan fingerprint density at radius 2 is 1.86 bits per heavy atom. The molecule has 2 rings (SSSR count). The van der Waals surface area contributed by atoms with Crippen molar-refractivity contribution in [3.8, 4) is 17.4 Å². The lowest BCUT2D eigenvalue weighted by atomic mass is 10.3. The zero-order valence-corrected chi connectivity index (χ0v) is 7.29. The maximum absolute atomic E-state index is 9.04. The molecular weight excluding hydrogens is 180 g/mol. The third-order valence-corrected chi connectivity index (χ3v) is 1.61. The van der Waals surface area contributed by atoms with Crippen molar-refractivity contribution in [3.05, 3.63) is 42.9 Å². The molecule has 70 valence electrons. The Morgan fingerprint density at radius 1 is 1.07 bits per heavy atom. The number of hydrogen-bond acceptors (Lipinski definition) is 4. The van der Waals surface area contributed by atoms with Gasteiger partial charge in [0.2, 0.25) is 5.88 Å². The Balaban J connectivity index is 2.16. The number of aromatic hydroxyl groups is 1. The van der Waals surface area contributed by atoms with E-state index in [1.807, 2.05) is 0 Å². The minimum Gasteiger partial charge on any atom is -0.508 e. The van der Waals surface area contributed by atoms with E-state index in [2.05, 4.69) is 9.97 Å². The van der Waals surface area contributed by atoms with Gasteiger partial charge in [0.25, 0.3) is 0 Å². The second kappa shape index (κ2) is 3.74. The fourth-order valence-electron chi connectivity index (χ4n) is 0.974. The molecule has 1 aromatic heterocycles. The molecule has 0 fully saturated rings. The van der Waals surface area contributed by atoms with Crippen LogP contribution in [0.15, 0.2) is 42.9 Å². The van der Waals surface area contributed by atoms with Crippen molar-refractivity contribution in [2.24, 2.45) is 0 Å². The number of phenolic OH excluding ortho intramolecular Hbond substituents is 1. The SMILES string of the molecule is Oc1ccc(Oc2ccncn2)cc1. The van der Waals surface area contributed by atoms with Crippen LogP contribution in [-0.2, 0) is 0 Å². The molecule has 0 aliphatic carbocycles. The maximum atomic E-state index is 9.04. The number of hydrogen-bond donors (Lipinski definition) is 1. The molecule has 0 saturated heterocycles. The first kappa shape index (κ1) is 8.50. The average Bonchev–Trinajstić information content (AvgIpc) is 2.23. The molecule has 0 atom stereocenters. The van der Waals surface area contributed by atoms with Crippen LogP contribution in [0.2, 0.25) is 0 Å². The molecule has 0 aliphatic rings. The molecule has 0 spiro atoms. The van der Waals surface area contributed by atoms with Crippen LogP contribution < -0.4 is 4.74 Å². The first-order chi connectivity index (χ1) is 6.84. The number of phenols is 1. The molecule has 0 bridgehead atoms. The van der Waals surface area contributed by atoms with Gasteiger partial charge in [-0.15, -0.1) is 0 Å². The van der Waals surface area contributed by atoms with E-state index in [0.717, 1.165) is 0 Å². The summed E-state index contributed by atoms with van der Waals surface area (Å²) < 4.78 is 5.37. The predicted molar refractivity (Wildman–Crippen MR) is 50.2 cm³/mol. The van der Waals surface area contributed by atoms with Crippen molar-refractivity contribution in [1.29, 1.82) is 0 Å². The van der Waals surface area contributed by atoms with E-state index in [9.17, 15) is 0 Å². The fraction of sp³-hybridized carbons (Fsp3) is 0. The summed E-state index contributed by atoms with van der Waals surface area (Å²) >= 11 is 0. The Hall–Kier alpha value is -2.10. The van der Waals surface area contributed by atoms with Crippen LogP contribution in [0, 0.1) is 0 Å². The number of aromatic nitrogens is 2. The third kappa shape index (κ3) is 1.98. The highest BCUT2D eigenvalue weighted by Crippen LogP contribution is 2.20. The van der Waals surface area contributed by atoms with Gasteiger partial charge in [-0.1, -0.05) is 0 Å². The quantitative estimate of drug-likeness (QED) is 0.782. The lowest BCUT2D eigenvalue weighted by Gasteiger charge is -2.02. The normalized spacial score (nSPS) is 9.71. The Labute approximate surface area is 80.8 Å². The topological polar surface area (TPSA) is 55.2 Å². The summed E-state index contributed by atoms with van der Waals surface area (Å²) in [6.07, 6.45) is 3.01. The first-order valence-electron chi connectivity index (χ1n) is 4.07. The molecule has 0 unspecified atom stereocenters. The maximum Gasteiger partial charge on any atom is 0.222 e. The second-order valence-electron chi connectivity index (χ2n) is 2.64. The second-order valence-corrected chi connectivity index (χ2v) is 2.64. The molecule has 1 N–H and O–H groups in total. The molecule has 14 heavy (non-hydrogen) atoms. The van der Waals surface area contributed by atoms with E-state index in [0.29, 0.717) is 11.6 Å². The number of ether oxygens (including phenoxy) is 1. The van der Waals surface area contributed by atoms with Gasteiger partial charge in [0.05, 0.1) is 0 Å². The van der Waals surface area contributed by atoms with E-state index >= 15 is 0 Å². The standard InChI is InChI=1S/C10H8N2O2/c13-8-1-3-9(4-2-8)14-10-5-6-11-7-12-10/h1-7,13H. The van der Waals surface area contributed by atoms with Gasteiger partial charge in [-0.3, -0.25) is 0 Å². The first-order valence-corrected chi connectivity index (χ1v) is 4.07. The van der Waals surface area contributed by atoms with Crippen LogP contribution >= 0.6 is 0 Å². The molecule has 0 amide bonds. The summed E-state index contributed by atoms with van der Waals surface area (Å²) in [6, 6.07) is 8.09. The number of nitrogens with zero attached hydrogens (tertiary/aromatic N) is 2. The monoisotopic (exact) mass is 188 g/mol. The highest BCUT2D eigenvalue weighted by Gasteiger charge is 1.96. The minimum atomic E-state index is 0.208. The van der Waals surface area contributed by atoms with Gasteiger partial charge in [-0.2, -0.15) is 0 Å². The van der Waals surface area contributed by atoms with E-state index < -0.39 is 0 Å². The van der Waals surface area contributed by atoms with Crippen molar-refractivity contribution in [2.45, 2.75) is 0 Å². The van der Waals surface area contributed by atoms with E-state index in [1.54, 1.807) is 36.5 Å². The Bertz CT molecular complexity index is 400. The van der Waals surface area contributed by atoms with Crippen LogP contribution in [0.3, 0.4) is 0 Å². The van der Waals surface area contributed by atoms with Gasteiger partial charge in [0.15, 0.2) is 0 Å². The molecule has 0 radical (unpaired) electrons. The van der Waals surface area contributed by atoms with Crippen LogP contribution in [0.25, 0.3) is 0 Å². The molecule has 0 saturated carbocycles. The van der Waals surface area contributed by atoms with E-state index in [1.165, 1.54) is 6.33 Å². The van der Waals surface area contributed by atoms with Gasteiger partial charge in [0.1, 0.15) is 17.8 Å². The third-order valence-electron chi connectivity index (χ3n) is 1.61. The molecule has 4 nitrogen and oxygen atoms in total. The lowest BCUT2D eigenvalue weighted by molar-refractivity contribution is 0.453. The highest BCUT2D eigenvalue weighted by atomic mass is 16.5. The summed E-state index contributed by atoms with van der Waals surface area (Å²) in [6.45, 7) is 0. The highest BCUT2D eigenvalue weighted by molar-refractivity contribution is 5.32. The molecule has 1 heterocycles. The van der Waals surface area contributed by atoms with Gasteiger partial charge in [-0.05, 0) is 24.3 Å². The van der Waals surface area contributed by atoms with Gasteiger partial charge in [0, 0.05) is 12.3 Å². The fourth-order valence-corrected chi connectivity index (χ4v) is 0.974. The largest absolute Gasteiger partial charge is 0.508 e. The summed E-state index contributed by atoms with van der Waals surface area (Å²) in [5, 5.41) is 9.04. The summed E-state index contributed by atoms with van der Waals surface area (Å²) in [5.41, 5.74) is 0. The molecule has 1 aromatic carbocycles. The zero-order chi connectivity index (χ0) is 9.80. The van der Waals surface area contributed by atoms with Crippen molar-refractivity contribution in [2.75, 3.05) is 0 Å². The van der Waals surface area contributed by atoms with Crippen molar-refractivity contribution < 1.29 is 9.84 Å². The zero-order valence-electron chi connectivity index (χ0n) is 7.29. The molecular formula is C10H8N2O2. The Morgan fingerprint density at radius 3 is 2.50 bits per heavy atom. The van der Waals surface area contributed by atoms with E-state index in [-0.39, 0.29) is 5.75 Å². The van der Waals surface area contributed by atoms with Crippen LogP contribution in [0.1, 0.15) is 0 Å². The number of rotatable bonds is 2. The summed E-state index contributed by atoms with van der Waals surface area (Å²) in [4.78, 5) is 7.67. The molecule has 2 aromatic rings. The minimum absolute atomic E-state index is 0.208. The van der Waals surface area contributed by atoms with Crippen molar-refractivity contribution >= 4 is 0 Å². The predicted octanol–water partition coefficient (Wildman–Crippen LogP) is 1.97. The smallest absolute Gasteiger partial charge is 0.222 e. The van der Waals surface area contributed by atoms with Crippen molar-refractivity contribution in [1.82, 2.24) is 9.97 Å². The summed E-state index contributed by atoms with van der Waals surface area (Å²) in [5.74, 6) is 1.31. The van der Waals surface area contributed by atoms with Crippen LogP contribution in [-0.4, -0.2) is 15.1 Å². The van der Waals surface area contributed by atoms with Crippen LogP contribution in [0.4, 0.5) is 0 Å². The van der Waals surface area contributed by atoms with Gasteiger partial charge >= 0.3 is 0 Å². The average molecular weight is 188 g/mol. The summed E-state index contributed by atoms with van der Waals surface area (Å²) in [7, 11) is 0. The van der Waals surface area contributed by atoms with Crippen LogP contribution in [0.5, 0.6) is 17.4 Å². The molecule has 4 heteroatoms. The molecule has 0 aliphatic heterocycles. The van der Waals surface area contributed by atoms with Gasteiger partial charge in [-0.25, -0.2) is 9.97 Å². The van der Waals surface area contributed by atoms with Crippen molar-refractivity contribution in [3.63, 3.8) is 0 Å². The lowest BCUT2D eigenvalue weighted by Crippen LogP contribution is -1.86.